The second-order valence-corrected chi connectivity index (χ2v) is 14.4. The van der Waals surface area contributed by atoms with Crippen LogP contribution in [0, 0.1) is 5.92 Å². The van der Waals surface area contributed by atoms with Crippen LogP contribution in [-0.2, 0) is 20.9 Å². The number of hydrogen-bond donors (Lipinski definition) is 2. The van der Waals surface area contributed by atoms with Gasteiger partial charge in [0.25, 0.3) is 0 Å². The van der Waals surface area contributed by atoms with E-state index < -0.39 is 23.8 Å². The van der Waals surface area contributed by atoms with Gasteiger partial charge in [-0.25, -0.2) is 4.79 Å². The normalized spacial score (nSPS) is 18.1. The van der Waals surface area contributed by atoms with Crippen LogP contribution in [0.3, 0.4) is 0 Å². The highest BCUT2D eigenvalue weighted by Gasteiger charge is 2.38. The highest BCUT2D eigenvalue weighted by Crippen LogP contribution is 2.28. The zero-order valence-electron chi connectivity index (χ0n) is 25.8. The molecule has 0 bridgehead atoms. The van der Waals surface area contributed by atoms with E-state index in [2.05, 4.69) is 27.7 Å². The van der Waals surface area contributed by atoms with Crippen molar-refractivity contribution in [3.05, 3.63) is 60.2 Å². The van der Waals surface area contributed by atoms with Gasteiger partial charge in [0.15, 0.2) is 0 Å². The monoisotopic (exact) mass is 626 g/mol. The van der Waals surface area contributed by atoms with E-state index in [1.54, 1.807) is 11.8 Å². The number of ether oxygens (including phenoxy) is 1. The Morgan fingerprint density at radius 1 is 1.02 bits per heavy atom. The second kappa shape index (κ2) is 15.7. The van der Waals surface area contributed by atoms with Gasteiger partial charge in [-0.1, -0.05) is 49.6 Å². The fraction of sp³-hybridized carbons (Fsp3) is 0.545. The smallest absolute Gasteiger partial charge is 0.411 e. The number of amides is 3. The van der Waals surface area contributed by atoms with Crippen molar-refractivity contribution in [2.45, 2.75) is 77.1 Å². The van der Waals surface area contributed by atoms with Crippen LogP contribution in [0.2, 0.25) is 0 Å². The van der Waals surface area contributed by atoms with E-state index in [1.807, 2.05) is 70.3 Å². The minimum absolute atomic E-state index is 0.218. The molecule has 1 aliphatic carbocycles. The first-order chi connectivity index (χ1) is 20.6. The van der Waals surface area contributed by atoms with Gasteiger partial charge >= 0.3 is 6.09 Å². The van der Waals surface area contributed by atoms with Crippen molar-refractivity contribution in [2.75, 3.05) is 35.1 Å². The molecule has 1 heterocycles. The number of nitrogens with one attached hydrogen (secondary N) is 2. The van der Waals surface area contributed by atoms with E-state index >= 15 is 0 Å². The molecule has 4 rings (SSSR count). The van der Waals surface area contributed by atoms with Crippen molar-refractivity contribution < 1.29 is 19.1 Å². The Hall–Kier alpha value is -2.85. The van der Waals surface area contributed by atoms with Crippen LogP contribution in [0.1, 0.15) is 58.4 Å². The summed E-state index contributed by atoms with van der Waals surface area (Å²) in [7, 11) is 2.02. The third-order valence-corrected chi connectivity index (χ3v) is 10.0. The highest BCUT2D eigenvalue weighted by molar-refractivity contribution is 7.99. The molecule has 1 aliphatic heterocycles. The molecule has 0 aromatic heterocycles. The van der Waals surface area contributed by atoms with Crippen molar-refractivity contribution in [1.29, 1.82) is 0 Å². The Kier molecular flexibility index (Phi) is 12.1. The average Bonchev–Trinajstić information content (AvgIpc) is 3.50. The molecule has 8 nitrogen and oxygen atoms in total. The highest BCUT2D eigenvalue weighted by atomic mass is 32.2. The third-order valence-electron chi connectivity index (χ3n) is 7.74. The molecule has 43 heavy (non-hydrogen) atoms. The van der Waals surface area contributed by atoms with Crippen molar-refractivity contribution in [2.24, 2.45) is 5.92 Å². The largest absolute Gasteiger partial charge is 0.444 e. The van der Waals surface area contributed by atoms with E-state index in [0.717, 1.165) is 22.7 Å². The first kappa shape index (κ1) is 33.1. The van der Waals surface area contributed by atoms with Crippen molar-refractivity contribution in [1.82, 2.24) is 15.5 Å². The Morgan fingerprint density at radius 3 is 2.37 bits per heavy atom. The number of carbonyl (C=O) groups is 3. The Bertz CT molecular complexity index is 1200. The first-order valence-corrected chi connectivity index (χ1v) is 17.5. The summed E-state index contributed by atoms with van der Waals surface area (Å²) in [6, 6.07) is 16.9. The molecule has 0 spiro atoms. The summed E-state index contributed by atoms with van der Waals surface area (Å²) >= 11 is 3.24. The van der Waals surface area contributed by atoms with Crippen molar-refractivity contribution in [3.8, 4) is 0 Å². The number of nitrogens with zero attached hydrogens (tertiary/aromatic N) is 2. The minimum Gasteiger partial charge on any atom is -0.444 e. The van der Waals surface area contributed by atoms with Crippen LogP contribution < -0.4 is 15.5 Å². The van der Waals surface area contributed by atoms with Gasteiger partial charge in [0.05, 0.1) is 5.88 Å². The standard InChI is InChI=1S/C33H46N4O4S2/c1-33(2,3)41-32(40)37-23-43-22-29(37)31(39)35-28(21-42-20-25-11-7-5-8-12-25)30(38)34-19-24-15-17-27(18-16-24)36(4)26-13-9-6-10-14-26/h6,9-10,13-18,25,28-29H,5,7-8,11-12,19-23H2,1-4H3,(H,34,38)(H,35,39)/t28-,29-/m0/s1. The molecule has 10 heteroatoms. The summed E-state index contributed by atoms with van der Waals surface area (Å²) in [6.45, 7) is 5.78. The van der Waals surface area contributed by atoms with Crippen LogP contribution in [0.5, 0.6) is 0 Å². The molecule has 0 radical (unpaired) electrons. The maximum absolute atomic E-state index is 13.5. The van der Waals surface area contributed by atoms with Crippen molar-refractivity contribution in [3.63, 3.8) is 0 Å². The summed E-state index contributed by atoms with van der Waals surface area (Å²) in [5.74, 6) is 2.46. The number of hydrogen-bond acceptors (Lipinski definition) is 7. The molecule has 3 amide bonds. The van der Waals surface area contributed by atoms with Crippen LogP contribution in [0.4, 0.5) is 16.2 Å². The molecule has 1 saturated heterocycles. The van der Waals surface area contributed by atoms with Crippen LogP contribution >= 0.6 is 23.5 Å². The fourth-order valence-corrected chi connectivity index (χ4v) is 7.68. The zero-order valence-corrected chi connectivity index (χ0v) is 27.5. The SMILES string of the molecule is CN(c1ccccc1)c1ccc(CNC(=O)[C@H](CSCC2CCCCC2)NC(=O)[C@@H]2CSCN2C(=O)OC(C)(C)C)cc1. The lowest BCUT2D eigenvalue weighted by Crippen LogP contribution is -2.55. The molecule has 2 aromatic carbocycles. The van der Waals surface area contributed by atoms with E-state index in [1.165, 1.54) is 48.8 Å². The molecule has 2 N–H and O–H groups in total. The summed E-state index contributed by atoms with van der Waals surface area (Å²) in [4.78, 5) is 43.2. The van der Waals surface area contributed by atoms with Gasteiger partial charge in [-0.15, -0.1) is 11.8 Å². The van der Waals surface area contributed by atoms with Gasteiger partial charge in [0.1, 0.15) is 17.7 Å². The number of carbonyl (C=O) groups excluding carboxylic acids is 3. The minimum atomic E-state index is -0.698. The Morgan fingerprint density at radius 2 is 1.70 bits per heavy atom. The predicted octanol–water partition coefficient (Wildman–Crippen LogP) is 6.18. The zero-order chi connectivity index (χ0) is 30.8. The lowest BCUT2D eigenvalue weighted by atomic mass is 9.91. The number of para-hydroxylation sites is 1. The average molecular weight is 627 g/mol. The van der Waals surface area contributed by atoms with Gasteiger partial charge in [0.2, 0.25) is 11.8 Å². The molecule has 2 aromatic rings. The van der Waals surface area contributed by atoms with Crippen LogP contribution in [-0.4, -0.2) is 70.7 Å². The molecule has 2 fully saturated rings. The molecule has 2 aliphatic rings. The van der Waals surface area contributed by atoms with Gasteiger partial charge < -0.3 is 20.3 Å². The number of benzene rings is 2. The maximum Gasteiger partial charge on any atom is 0.411 e. The summed E-state index contributed by atoms with van der Waals surface area (Å²) in [5.41, 5.74) is 2.47. The number of rotatable bonds is 11. The quantitative estimate of drug-likeness (QED) is 0.308. The topological polar surface area (TPSA) is 91.0 Å². The summed E-state index contributed by atoms with van der Waals surface area (Å²) < 4.78 is 5.53. The second-order valence-electron chi connectivity index (χ2n) is 12.3. The Labute approximate surface area is 265 Å². The maximum atomic E-state index is 13.5. The van der Waals surface area contributed by atoms with Gasteiger partial charge in [0, 0.05) is 36.5 Å². The van der Waals surface area contributed by atoms with E-state index in [9.17, 15) is 14.4 Å². The van der Waals surface area contributed by atoms with Gasteiger partial charge in [-0.3, -0.25) is 14.5 Å². The number of thioether (sulfide) groups is 2. The molecular weight excluding hydrogens is 581 g/mol. The van der Waals surface area contributed by atoms with Gasteiger partial charge in [-0.05, 0) is 75.1 Å². The van der Waals surface area contributed by atoms with Crippen molar-refractivity contribution >= 4 is 52.8 Å². The molecule has 0 unspecified atom stereocenters. The molecule has 1 saturated carbocycles. The first-order valence-electron chi connectivity index (χ1n) is 15.2. The van der Waals surface area contributed by atoms with E-state index in [0.29, 0.717) is 29.8 Å². The lowest BCUT2D eigenvalue weighted by molar-refractivity contribution is -0.130. The number of anilines is 2. The molecule has 2 atom stereocenters. The predicted molar refractivity (Wildman–Crippen MR) is 178 cm³/mol. The third kappa shape index (κ3) is 10.1. The van der Waals surface area contributed by atoms with E-state index in [-0.39, 0.29) is 11.8 Å². The van der Waals surface area contributed by atoms with Gasteiger partial charge in [-0.2, -0.15) is 11.8 Å². The summed E-state index contributed by atoms with van der Waals surface area (Å²) in [5, 5.41) is 6.02. The van der Waals surface area contributed by atoms with Crippen LogP contribution in [0.15, 0.2) is 54.6 Å². The van der Waals surface area contributed by atoms with Crippen LogP contribution in [0.25, 0.3) is 0 Å². The summed E-state index contributed by atoms with van der Waals surface area (Å²) in [6.07, 6.45) is 5.80. The van der Waals surface area contributed by atoms with E-state index in [4.69, 9.17) is 4.74 Å². The lowest BCUT2D eigenvalue weighted by Gasteiger charge is -2.28. The Balaban J connectivity index is 1.37. The molecule has 234 valence electrons. The molecular formula is C33H46N4O4S2. The fourth-order valence-electron chi connectivity index (χ4n) is 5.27.